The maximum atomic E-state index is 13.2. The van der Waals surface area contributed by atoms with Crippen LogP contribution in [0.15, 0.2) is 65.6 Å². The van der Waals surface area contributed by atoms with Crippen molar-refractivity contribution < 1.29 is 23.8 Å². The van der Waals surface area contributed by atoms with Gasteiger partial charge < -0.3 is 9.84 Å². The quantitative estimate of drug-likeness (QED) is 0.167. The third-order valence-electron chi connectivity index (χ3n) is 5.10. The van der Waals surface area contributed by atoms with Gasteiger partial charge in [-0.15, -0.1) is 11.8 Å². The molecule has 0 heterocycles. The van der Waals surface area contributed by atoms with E-state index < -0.39 is 5.97 Å². The lowest BCUT2D eigenvalue weighted by Gasteiger charge is -2.13. The largest absolute Gasteiger partial charge is 0.493 e. The van der Waals surface area contributed by atoms with Gasteiger partial charge in [0.1, 0.15) is 11.6 Å². The summed E-state index contributed by atoms with van der Waals surface area (Å²) in [7, 11) is 0. The third-order valence-corrected chi connectivity index (χ3v) is 6.69. The van der Waals surface area contributed by atoms with E-state index in [1.807, 2.05) is 18.2 Å². The zero-order valence-electron chi connectivity index (χ0n) is 18.9. The van der Waals surface area contributed by atoms with Crippen LogP contribution in [0.5, 0.6) is 5.75 Å². The number of benzene rings is 3. The number of hydrogen-bond acceptors (Lipinski definition) is 4. The molecule has 178 valence electrons. The molecule has 4 nitrogen and oxygen atoms in total. The number of hydrogen-bond donors (Lipinski definition) is 1. The fraction of sp³-hybridized carbons (Fsp3) is 0.259. The predicted octanol–water partition coefficient (Wildman–Crippen LogP) is 6.85. The molecule has 0 unspecified atom stereocenters. The lowest BCUT2D eigenvalue weighted by atomic mass is 9.99. The van der Waals surface area contributed by atoms with Crippen LogP contribution in [0.3, 0.4) is 0 Å². The Morgan fingerprint density at radius 3 is 2.44 bits per heavy atom. The van der Waals surface area contributed by atoms with Crippen LogP contribution in [0.1, 0.15) is 46.8 Å². The fourth-order valence-corrected chi connectivity index (χ4v) is 4.67. The molecule has 0 saturated heterocycles. The number of thioether (sulfide) groups is 1. The Morgan fingerprint density at radius 1 is 1.03 bits per heavy atom. The molecule has 3 aromatic carbocycles. The minimum Gasteiger partial charge on any atom is -0.493 e. The first-order valence-electron chi connectivity index (χ1n) is 11.1. The molecule has 0 aliphatic heterocycles. The van der Waals surface area contributed by atoms with Crippen molar-refractivity contribution in [2.75, 3.05) is 12.4 Å². The van der Waals surface area contributed by atoms with Gasteiger partial charge in [0, 0.05) is 21.8 Å². The van der Waals surface area contributed by atoms with Crippen LogP contribution in [0.2, 0.25) is 5.02 Å². The monoisotopic (exact) mass is 500 g/mol. The van der Waals surface area contributed by atoms with Crippen molar-refractivity contribution in [2.45, 2.75) is 37.5 Å². The van der Waals surface area contributed by atoms with Gasteiger partial charge in [-0.05, 0) is 78.6 Å². The standard InChI is InChI=1S/C27H26ClFO4S/c1-2-4-20-17-21(27(32)19-6-9-22(29)10-7-19)8-11-24(20)33-13-3-14-34-25-12-5-18(15-23(25)28)16-26(30)31/h5-12,15,17H,2-4,13-14,16H2,1H3,(H,30,31). The molecule has 7 heteroatoms. The van der Waals surface area contributed by atoms with Gasteiger partial charge in [-0.25, -0.2) is 4.39 Å². The average molecular weight is 501 g/mol. The van der Waals surface area contributed by atoms with Crippen LogP contribution in [0.25, 0.3) is 0 Å². The lowest BCUT2D eigenvalue weighted by molar-refractivity contribution is -0.136. The summed E-state index contributed by atoms with van der Waals surface area (Å²) in [4.78, 5) is 24.5. The summed E-state index contributed by atoms with van der Waals surface area (Å²) in [6, 6.07) is 16.3. The van der Waals surface area contributed by atoms with E-state index in [1.54, 1.807) is 30.0 Å². The molecule has 0 fully saturated rings. The number of rotatable bonds is 12. The molecule has 0 spiro atoms. The van der Waals surface area contributed by atoms with Gasteiger partial charge in [-0.2, -0.15) is 0 Å². The highest BCUT2D eigenvalue weighted by Crippen LogP contribution is 2.29. The molecule has 0 bridgehead atoms. The van der Waals surface area contributed by atoms with Crippen LogP contribution in [-0.2, 0) is 17.6 Å². The molecular formula is C27H26ClFO4S. The molecule has 1 N–H and O–H groups in total. The van der Waals surface area contributed by atoms with Gasteiger partial charge in [-0.3, -0.25) is 9.59 Å². The van der Waals surface area contributed by atoms with E-state index in [9.17, 15) is 14.0 Å². The fourth-order valence-electron chi connectivity index (χ4n) is 3.46. The summed E-state index contributed by atoms with van der Waals surface area (Å²) in [6.07, 6.45) is 2.44. The van der Waals surface area contributed by atoms with Crippen LogP contribution < -0.4 is 4.74 Å². The number of aryl methyl sites for hydroxylation is 1. The third kappa shape index (κ3) is 7.34. The average Bonchev–Trinajstić information content (AvgIpc) is 2.80. The summed E-state index contributed by atoms with van der Waals surface area (Å²) in [5, 5.41) is 9.44. The molecular weight excluding hydrogens is 475 g/mol. The topological polar surface area (TPSA) is 63.6 Å². The number of halogens is 2. The maximum absolute atomic E-state index is 13.2. The van der Waals surface area contributed by atoms with E-state index in [0.29, 0.717) is 28.3 Å². The van der Waals surface area contributed by atoms with Gasteiger partial charge in [0.15, 0.2) is 5.78 Å². The van der Waals surface area contributed by atoms with Gasteiger partial charge >= 0.3 is 5.97 Å². The maximum Gasteiger partial charge on any atom is 0.307 e. The molecule has 3 aromatic rings. The second kappa shape index (κ2) is 12.6. The van der Waals surface area contributed by atoms with E-state index in [-0.39, 0.29) is 18.0 Å². The highest BCUT2D eigenvalue weighted by atomic mass is 35.5. The number of carbonyl (C=O) groups is 2. The second-order valence-corrected chi connectivity index (χ2v) is 9.34. The van der Waals surface area contributed by atoms with Crippen molar-refractivity contribution in [1.29, 1.82) is 0 Å². The Bertz CT molecular complexity index is 1150. The minimum absolute atomic E-state index is 0.0487. The summed E-state index contributed by atoms with van der Waals surface area (Å²) >= 11 is 7.88. The predicted molar refractivity (Wildman–Crippen MR) is 134 cm³/mol. The molecule has 0 aliphatic rings. The Labute approximate surface area is 208 Å². The number of ketones is 1. The SMILES string of the molecule is CCCc1cc(C(=O)c2ccc(F)cc2)ccc1OCCCSc1ccc(CC(=O)O)cc1Cl. The van der Waals surface area contributed by atoms with Gasteiger partial charge in [0.2, 0.25) is 0 Å². The summed E-state index contributed by atoms with van der Waals surface area (Å²) < 4.78 is 19.2. The Kier molecular flexibility index (Phi) is 9.54. The molecule has 34 heavy (non-hydrogen) atoms. The van der Waals surface area contributed by atoms with E-state index in [2.05, 4.69) is 6.92 Å². The van der Waals surface area contributed by atoms with E-state index in [1.165, 1.54) is 24.3 Å². The molecule has 0 saturated carbocycles. The zero-order chi connectivity index (χ0) is 24.5. The minimum atomic E-state index is -0.885. The summed E-state index contributed by atoms with van der Waals surface area (Å²) in [5.74, 6) is 0.152. The molecule has 0 atom stereocenters. The van der Waals surface area contributed by atoms with Crippen LogP contribution in [-0.4, -0.2) is 29.2 Å². The number of carbonyl (C=O) groups excluding carboxylic acids is 1. The summed E-state index contributed by atoms with van der Waals surface area (Å²) in [5.41, 5.74) is 2.65. The number of carboxylic acids is 1. The Hall–Kier alpha value is -2.83. The lowest BCUT2D eigenvalue weighted by Crippen LogP contribution is -2.05. The first-order valence-corrected chi connectivity index (χ1v) is 12.4. The van der Waals surface area contributed by atoms with E-state index in [0.717, 1.165) is 41.2 Å². The molecule has 0 amide bonds. The molecule has 0 radical (unpaired) electrons. The Morgan fingerprint density at radius 2 is 1.76 bits per heavy atom. The highest BCUT2D eigenvalue weighted by Gasteiger charge is 2.13. The molecule has 0 aromatic heterocycles. The van der Waals surface area contributed by atoms with E-state index >= 15 is 0 Å². The highest BCUT2D eigenvalue weighted by molar-refractivity contribution is 7.99. The van der Waals surface area contributed by atoms with Crippen LogP contribution in [0, 0.1) is 5.82 Å². The van der Waals surface area contributed by atoms with Crippen LogP contribution in [0.4, 0.5) is 4.39 Å². The van der Waals surface area contributed by atoms with Crippen molar-refractivity contribution >= 4 is 35.1 Å². The normalized spacial score (nSPS) is 10.8. The van der Waals surface area contributed by atoms with Gasteiger partial charge in [0.25, 0.3) is 0 Å². The molecule has 0 aliphatic carbocycles. The summed E-state index contributed by atoms with van der Waals surface area (Å²) in [6.45, 7) is 2.59. The Balaban J connectivity index is 1.55. The van der Waals surface area contributed by atoms with Crippen molar-refractivity contribution in [3.8, 4) is 5.75 Å². The van der Waals surface area contributed by atoms with Crippen molar-refractivity contribution in [3.05, 3.63) is 93.8 Å². The van der Waals surface area contributed by atoms with Gasteiger partial charge in [-0.1, -0.05) is 31.0 Å². The van der Waals surface area contributed by atoms with Crippen molar-refractivity contribution in [3.63, 3.8) is 0 Å². The zero-order valence-corrected chi connectivity index (χ0v) is 20.4. The first-order chi connectivity index (χ1) is 16.4. The smallest absolute Gasteiger partial charge is 0.307 e. The van der Waals surface area contributed by atoms with Crippen LogP contribution >= 0.6 is 23.4 Å². The first kappa shape index (κ1) is 25.8. The second-order valence-electron chi connectivity index (χ2n) is 7.79. The number of aliphatic carboxylic acids is 1. The molecule has 3 rings (SSSR count). The van der Waals surface area contributed by atoms with E-state index in [4.69, 9.17) is 21.4 Å². The van der Waals surface area contributed by atoms with Gasteiger partial charge in [0.05, 0.1) is 18.1 Å². The number of carboxylic acid groups (broad SMARTS) is 1. The van der Waals surface area contributed by atoms with Crippen molar-refractivity contribution in [2.24, 2.45) is 0 Å². The van der Waals surface area contributed by atoms with Crippen molar-refractivity contribution in [1.82, 2.24) is 0 Å². The number of ether oxygens (including phenoxy) is 1.